The van der Waals surface area contributed by atoms with E-state index in [-0.39, 0.29) is 6.42 Å². The monoisotopic (exact) mass is 191 g/mol. The summed E-state index contributed by atoms with van der Waals surface area (Å²) in [5.41, 5.74) is -1.64. The zero-order valence-corrected chi connectivity index (χ0v) is 6.48. The Morgan fingerprint density at radius 2 is 2.23 bits per heavy atom. The number of halogens is 3. The molecule has 1 heterocycles. The number of ketones is 1. The number of aromatic amines is 1. The lowest BCUT2D eigenvalue weighted by molar-refractivity contribution is -0.141. The highest BCUT2D eigenvalue weighted by molar-refractivity contribution is 5.97. The van der Waals surface area contributed by atoms with Crippen molar-refractivity contribution >= 4 is 5.78 Å². The predicted molar refractivity (Wildman–Crippen MR) is 37.9 cm³/mol. The van der Waals surface area contributed by atoms with Crippen molar-refractivity contribution in [1.29, 1.82) is 0 Å². The third-order valence-corrected chi connectivity index (χ3v) is 1.44. The van der Waals surface area contributed by atoms with E-state index in [4.69, 9.17) is 0 Å². The van der Waals surface area contributed by atoms with E-state index in [0.717, 1.165) is 6.20 Å². The number of H-pyrrole nitrogens is 1. The highest BCUT2D eigenvalue weighted by atomic mass is 19.4. The molecule has 1 aromatic heterocycles. The summed E-state index contributed by atoms with van der Waals surface area (Å²) >= 11 is 0. The van der Waals surface area contributed by atoms with Crippen LogP contribution >= 0.6 is 0 Å². The van der Waals surface area contributed by atoms with Gasteiger partial charge in [0.25, 0.3) is 0 Å². The normalized spacial score (nSPS) is 11.7. The Bertz CT molecular complexity index is 316. The lowest BCUT2D eigenvalue weighted by Crippen LogP contribution is -2.11. The quantitative estimate of drug-likeness (QED) is 0.725. The van der Waals surface area contributed by atoms with Gasteiger partial charge >= 0.3 is 6.18 Å². The molecule has 0 saturated heterocycles. The molecule has 71 valence electrons. The van der Waals surface area contributed by atoms with Gasteiger partial charge in [0.15, 0.2) is 11.5 Å². The van der Waals surface area contributed by atoms with Gasteiger partial charge in [-0.3, -0.25) is 9.89 Å². The van der Waals surface area contributed by atoms with E-state index >= 15 is 0 Å². The van der Waals surface area contributed by atoms with E-state index in [1.807, 2.05) is 5.10 Å². The number of aromatic nitrogens is 2. The molecule has 3 nitrogen and oxygen atoms in total. The third kappa shape index (κ3) is 1.88. The number of nitrogens with zero attached hydrogens (tertiary/aromatic N) is 1. The standard InChI is InChI=1S/C7H6F3N2O/c1-2-5(13)4-3-11-12-6(4)7(8,9)10/h3H,1-2H2,(H,11,12). The molecule has 0 unspecified atom stereocenters. The van der Waals surface area contributed by atoms with Crippen LogP contribution in [0.4, 0.5) is 13.2 Å². The molecule has 0 aliphatic carbocycles. The first kappa shape index (κ1) is 9.76. The van der Waals surface area contributed by atoms with E-state index in [9.17, 15) is 18.0 Å². The minimum atomic E-state index is -4.60. The average Bonchev–Trinajstić information content (AvgIpc) is 2.49. The van der Waals surface area contributed by atoms with Crippen molar-refractivity contribution in [2.45, 2.75) is 12.6 Å². The SMILES string of the molecule is [CH2]CC(=O)c1c[nH]nc1C(F)(F)F. The molecule has 0 spiro atoms. The van der Waals surface area contributed by atoms with Crippen LogP contribution in [-0.2, 0) is 6.18 Å². The number of alkyl halides is 3. The fourth-order valence-electron chi connectivity index (χ4n) is 0.853. The first-order chi connectivity index (χ1) is 5.96. The van der Waals surface area contributed by atoms with Crippen LogP contribution in [-0.4, -0.2) is 16.0 Å². The molecule has 0 saturated carbocycles. The van der Waals surface area contributed by atoms with E-state index < -0.39 is 23.2 Å². The third-order valence-electron chi connectivity index (χ3n) is 1.44. The van der Waals surface area contributed by atoms with Crippen LogP contribution in [0.1, 0.15) is 22.5 Å². The van der Waals surface area contributed by atoms with E-state index in [1.165, 1.54) is 0 Å². The lowest BCUT2D eigenvalue weighted by atomic mass is 10.1. The number of hydrogen-bond donors (Lipinski definition) is 1. The largest absolute Gasteiger partial charge is 0.435 e. The molecule has 1 rings (SSSR count). The molecule has 1 N–H and O–H groups in total. The summed E-state index contributed by atoms with van der Waals surface area (Å²) in [6, 6.07) is 0. The molecule has 0 aliphatic heterocycles. The summed E-state index contributed by atoms with van der Waals surface area (Å²) < 4.78 is 36.4. The zero-order valence-electron chi connectivity index (χ0n) is 6.48. The van der Waals surface area contributed by atoms with Gasteiger partial charge in [-0.1, -0.05) is 0 Å². The molecule has 1 aromatic rings. The van der Waals surface area contributed by atoms with Gasteiger partial charge in [-0.2, -0.15) is 18.3 Å². The summed E-state index contributed by atoms with van der Waals surface area (Å²) in [7, 11) is 0. The first-order valence-corrected chi connectivity index (χ1v) is 3.40. The van der Waals surface area contributed by atoms with E-state index in [2.05, 4.69) is 12.0 Å². The maximum Gasteiger partial charge on any atom is 0.435 e. The van der Waals surface area contributed by atoms with Gasteiger partial charge < -0.3 is 0 Å². The smallest absolute Gasteiger partial charge is 0.294 e. The Labute approximate surface area is 71.9 Å². The van der Waals surface area contributed by atoms with Crippen LogP contribution in [0.25, 0.3) is 0 Å². The zero-order chi connectivity index (χ0) is 10.1. The van der Waals surface area contributed by atoms with Gasteiger partial charge in [0, 0.05) is 12.6 Å². The number of carbonyl (C=O) groups excluding carboxylic acids is 1. The topological polar surface area (TPSA) is 45.8 Å². The lowest BCUT2D eigenvalue weighted by Gasteiger charge is -2.03. The number of carbonyl (C=O) groups is 1. The second kappa shape index (κ2) is 3.20. The van der Waals surface area contributed by atoms with Crippen molar-refractivity contribution in [2.75, 3.05) is 0 Å². The summed E-state index contributed by atoms with van der Waals surface area (Å²) in [5, 5.41) is 4.96. The molecule has 0 aliphatic rings. The molecule has 13 heavy (non-hydrogen) atoms. The van der Waals surface area contributed by atoms with Crippen molar-refractivity contribution in [3.63, 3.8) is 0 Å². The predicted octanol–water partition coefficient (Wildman–Crippen LogP) is 1.84. The van der Waals surface area contributed by atoms with Crippen molar-refractivity contribution in [2.24, 2.45) is 0 Å². The number of Topliss-reactive ketones (excluding diaryl/α,β-unsaturated/α-hetero) is 1. The van der Waals surface area contributed by atoms with Gasteiger partial charge in [0.1, 0.15) is 0 Å². The van der Waals surface area contributed by atoms with Crippen molar-refractivity contribution < 1.29 is 18.0 Å². The molecular formula is C7H6F3N2O. The molecule has 0 fully saturated rings. The summed E-state index contributed by atoms with van der Waals surface area (Å²) in [4.78, 5) is 10.9. The number of nitrogens with one attached hydrogen (secondary N) is 1. The molecule has 0 bridgehead atoms. The Balaban J connectivity index is 3.10. The molecule has 1 radical (unpaired) electrons. The second-order valence-electron chi connectivity index (χ2n) is 2.32. The van der Waals surface area contributed by atoms with E-state index in [0.29, 0.717) is 0 Å². The fourth-order valence-corrected chi connectivity index (χ4v) is 0.853. The average molecular weight is 191 g/mol. The highest BCUT2D eigenvalue weighted by Gasteiger charge is 2.37. The van der Waals surface area contributed by atoms with Crippen LogP contribution in [0.5, 0.6) is 0 Å². The van der Waals surface area contributed by atoms with Crippen molar-refractivity contribution in [1.82, 2.24) is 10.2 Å². The second-order valence-corrected chi connectivity index (χ2v) is 2.32. The summed E-state index contributed by atoms with van der Waals surface area (Å²) in [6.07, 6.45) is -3.89. The van der Waals surface area contributed by atoms with Crippen molar-refractivity contribution in [3.8, 4) is 0 Å². The molecular weight excluding hydrogens is 185 g/mol. The van der Waals surface area contributed by atoms with Crippen LogP contribution < -0.4 is 0 Å². The maximum atomic E-state index is 12.1. The molecule has 0 aromatic carbocycles. The summed E-state index contributed by atoms with van der Waals surface area (Å²) in [6.45, 7) is 3.21. The van der Waals surface area contributed by atoms with Crippen LogP contribution in [0.15, 0.2) is 6.20 Å². The number of hydrogen-bond acceptors (Lipinski definition) is 2. The van der Waals surface area contributed by atoms with Gasteiger partial charge in [0.2, 0.25) is 0 Å². The Kier molecular flexibility index (Phi) is 2.40. The first-order valence-electron chi connectivity index (χ1n) is 3.40. The van der Waals surface area contributed by atoms with E-state index in [1.54, 1.807) is 0 Å². The van der Waals surface area contributed by atoms with Crippen LogP contribution in [0.2, 0.25) is 0 Å². The Morgan fingerprint density at radius 1 is 1.62 bits per heavy atom. The van der Waals surface area contributed by atoms with Crippen LogP contribution in [0.3, 0.4) is 0 Å². The van der Waals surface area contributed by atoms with Gasteiger partial charge in [-0.15, -0.1) is 0 Å². The number of rotatable bonds is 2. The summed E-state index contributed by atoms with van der Waals surface area (Å²) in [5.74, 6) is -0.680. The van der Waals surface area contributed by atoms with Crippen molar-refractivity contribution in [3.05, 3.63) is 24.4 Å². The maximum absolute atomic E-state index is 12.1. The minimum Gasteiger partial charge on any atom is -0.294 e. The van der Waals surface area contributed by atoms with Gasteiger partial charge in [-0.05, 0) is 6.92 Å². The van der Waals surface area contributed by atoms with Crippen LogP contribution in [0, 0.1) is 6.92 Å². The highest BCUT2D eigenvalue weighted by Crippen LogP contribution is 2.30. The fraction of sp³-hybridized carbons (Fsp3) is 0.286. The Morgan fingerprint density at radius 3 is 2.69 bits per heavy atom. The Hall–Kier alpha value is -1.33. The molecule has 0 amide bonds. The molecule has 6 heteroatoms. The molecule has 0 atom stereocenters. The van der Waals surface area contributed by atoms with Gasteiger partial charge in [-0.25, -0.2) is 0 Å². The van der Waals surface area contributed by atoms with Gasteiger partial charge in [0.05, 0.1) is 5.56 Å². The minimum absolute atomic E-state index is 0.220.